The Balaban J connectivity index is 1.48. The highest BCUT2D eigenvalue weighted by atomic mass is 19.1. The quantitative estimate of drug-likeness (QED) is 0.709. The zero-order valence-corrected chi connectivity index (χ0v) is 17.8. The number of nitrogens with zero attached hydrogens (tertiary/aromatic N) is 2. The van der Waals surface area contributed by atoms with Gasteiger partial charge in [0.15, 0.2) is 0 Å². The first-order chi connectivity index (χ1) is 14.4. The van der Waals surface area contributed by atoms with Crippen molar-refractivity contribution in [2.24, 2.45) is 17.8 Å². The molecule has 4 rings (SSSR count). The standard InChI is InChI=1S/C21H33F2N3O4/c1-12-3-4-13(5-16(12)22)8-25-18(27)9-26(21(28)19(25)14-10-30-11-14)20-17(23)6-15(29-2)7-24-20/h12-17,19-20,24H,3-11H2,1-2H3/t12?,13?,15?,16?,17?,19-,20?/m1/s1. The molecule has 0 aromatic heterocycles. The van der Waals surface area contributed by atoms with Crippen molar-refractivity contribution in [3.05, 3.63) is 0 Å². The van der Waals surface area contributed by atoms with Crippen LogP contribution < -0.4 is 5.32 Å². The fourth-order valence-electron chi connectivity index (χ4n) is 5.24. The van der Waals surface area contributed by atoms with Crippen molar-refractivity contribution in [1.29, 1.82) is 0 Å². The van der Waals surface area contributed by atoms with Crippen LogP contribution in [-0.4, -0.2) is 92.2 Å². The van der Waals surface area contributed by atoms with Gasteiger partial charge in [-0.3, -0.25) is 14.9 Å². The van der Waals surface area contributed by atoms with E-state index < -0.39 is 24.6 Å². The lowest BCUT2D eigenvalue weighted by atomic mass is 9.80. The summed E-state index contributed by atoms with van der Waals surface area (Å²) in [6.07, 6.45) is -0.998. The second-order valence-corrected chi connectivity index (χ2v) is 9.39. The molecule has 170 valence electrons. The zero-order valence-electron chi connectivity index (χ0n) is 17.8. The van der Waals surface area contributed by atoms with E-state index in [9.17, 15) is 18.4 Å². The van der Waals surface area contributed by atoms with Gasteiger partial charge < -0.3 is 19.3 Å². The summed E-state index contributed by atoms with van der Waals surface area (Å²) in [4.78, 5) is 29.5. The predicted molar refractivity (Wildman–Crippen MR) is 105 cm³/mol. The molecule has 3 heterocycles. The summed E-state index contributed by atoms with van der Waals surface area (Å²) in [5.41, 5.74) is 0. The molecule has 3 aliphatic heterocycles. The summed E-state index contributed by atoms with van der Waals surface area (Å²) >= 11 is 0. The van der Waals surface area contributed by atoms with Crippen molar-refractivity contribution < 1.29 is 27.8 Å². The third-order valence-corrected chi connectivity index (χ3v) is 7.32. The number of ether oxygens (including phenoxy) is 2. The number of alkyl halides is 2. The molecule has 0 spiro atoms. The molecule has 2 amide bonds. The lowest BCUT2D eigenvalue weighted by Crippen LogP contribution is -2.71. The average molecular weight is 430 g/mol. The van der Waals surface area contributed by atoms with Gasteiger partial charge in [-0.15, -0.1) is 0 Å². The smallest absolute Gasteiger partial charge is 0.247 e. The van der Waals surface area contributed by atoms with Crippen LogP contribution in [0.4, 0.5) is 8.78 Å². The Labute approximate surface area is 176 Å². The van der Waals surface area contributed by atoms with Gasteiger partial charge in [0.2, 0.25) is 11.8 Å². The van der Waals surface area contributed by atoms with Crippen LogP contribution in [-0.2, 0) is 19.1 Å². The molecule has 0 aromatic rings. The Morgan fingerprint density at radius 1 is 1.17 bits per heavy atom. The Hall–Kier alpha value is -1.32. The summed E-state index contributed by atoms with van der Waals surface area (Å²) in [6, 6.07) is -0.661. The minimum Gasteiger partial charge on any atom is -0.380 e. The van der Waals surface area contributed by atoms with Crippen molar-refractivity contribution in [2.45, 2.75) is 63.3 Å². The van der Waals surface area contributed by atoms with Crippen LogP contribution in [0.3, 0.4) is 0 Å². The molecule has 7 nitrogen and oxygen atoms in total. The number of rotatable bonds is 5. The molecule has 1 saturated carbocycles. The predicted octanol–water partition coefficient (Wildman–Crippen LogP) is 1.12. The Bertz CT molecular complexity index is 650. The Kier molecular flexibility index (Phi) is 6.60. The van der Waals surface area contributed by atoms with Crippen molar-refractivity contribution in [2.75, 3.05) is 40.0 Å². The summed E-state index contributed by atoms with van der Waals surface area (Å²) in [6.45, 7) is 3.39. The topological polar surface area (TPSA) is 71.1 Å². The van der Waals surface area contributed by atoms with Gasteiger partial charge in [-0.25, -0.2) is 8.78 Å². The lowest BCUT2D eigenvalue weighted by Gasteiger charge is -2.50. The highest BCUT2D eigenvalue weighted by Gasteiger charge is 2.50. The largest absolute Gasteiger partial charge is 0.380 e. The highest BCUT2D eigenvalue weighted by molar-refractivity contribution is 5.95. The first-order valence-corrected chi connectivity index (χ1v) is 11.1. The molecule has 0 aromatic carbocycles. The zero-order chi connectivity index (χ0) is 21.4. The molecule has 0 bridgehead atoms. The first-order valence-electron chi connectivity index (χ1n) is 11.1. The third-order valence-electron chi connectivity index (χ3n) is 7.32. The third kappa shape index (κ3) is 4.21. The van der Waals surface area contributed by atoms with E-state index in [1.165, 1.54) is 12.0 Å². The molecule has 4 fully saturated rings. The molecular formula is C21H33F2N3O4. The van der Waals surface area contributed by atoms with Gasteiger partial charge in [0.1, 0.15) is 31.1 Å². The molecule has 0 radical (unpaired) electrons. The second-order valence-electron chi connectivity index (χ2n) is 9.39. The van der Waals surface area contributed by atoms with Crippen molar-refractivity contribution in [3.8, 4) is 0 Å². The second kappa shape index (κ2) is 9.04. The SMILES string of the molecule is COC1CNC(N2CC(=O)N(CC3CCC(C)C(F)C3)[C@H](C3COC3)C2=O)C(F)C1. The van der Waals surface area contributed by atoms with Crippen molar-refractivity contribution >= 4 is 11.8 Å². The van der Waals surface area contributed by atoms with Gasteiger partial charge in [0.05, 0.1) is 19.3 Å². The van der Waals surface area contributed by atoms with E-state index in [1.54, 1.807) is 4.90 Å². The Morgan fingerprint density at radius 2 is 1.93 bits per heavy atom. The number of halogens is 2. The van der Waals surface area contributed by atoms with Crippen LogP contribution in [0.25, 0.3) is 0 Å². The molecule has 3 saturated heterocycles. The summed E-state index contributed by atoms with van der Waals surface area (Å²) in [5.74, 6) is -0.433. The highest BCUT2D eigenvalue weighted by Crippen LogP contribution is 2.34. The number of hydrogen-bond acceptors (Lipinski definition) is 5. The molecule has 1 N–H and O–H groups in total. The fraction of sp³-hybridized carbons (Fsp3) is 0.905. The van der Waals surface area contributed by atoms with E-state index in [1.807, 2.05) is 6.92 Å². The van der Waals surface area contributed by atoms with Crippen molar-refractivity contribution in [3.63, 3.8) is 0 Å². The number of piperidine rings is 1. The van der Waals surface area contributed by atoms with E-state index in [2.05, 4.69) is 5.32 Å². The van der Waals surface area contributed by atoms with E-state index in [0.717, 1.165) is 12.8 Å². The van der Waals surface area contributed by atoms with Crippen LogP contribution in [0.5, 0.6) is 0 Å². The van der Waals surface area contributed by atoms with Gasteiger partial charge in [-0.1, -0.05) is 6.92 Å². The van der Waals surface area contributed by atoms with E-state index >= 15 is 0 Å². The van der Waals surface area contributed by atoms with Crippen LogP contribution in [0, 0.1) is 17.8 Å². The maximum Gasteiger partial charge on any atom is 0.247 e. The number of carbonyl (C=O) groups excluding carboxylic acids is 2. The number of methoxy groups -OCH3 is 1. The van der Waals surface area contributed by atoms with E-state index in [-0.39, 0.29) is 48.6 Å². The molecular weight excluding hydrogens is 396 g/mol. The lowest BCUT2D eigenvalue weighted by molar-refractivity contribution is -0.174. The van der Waals surface area contributed by atoms with Crippen LogP contribution >= 0.6 is 0 Å². The number of amides is 2. The molecule has 6 unspecified atom stereocenters. The van der Waals surface area contributed by atoms with Gasteiger partial charge in [-0.2, -0.15) is 0 Å². The monoisotopic (exact) mass is 429 g/mol. The molecule has 4 aliphatic rings. The van der Waals surface area contributed by atoms with Gasteiger partial charge in [0.25, 0.3) is 0 Å². The molecule has 1 aliphatic carbocycles. The Morgan fingerprint density at radius 3 is 2.53 bits per heavy atom. The molecule has 30 heavy (non-hydrogen) atoms. The van der Waals surface area contributed by atoms with Crippen LogP contribution in [0.15, 0.2) is 0 Å². The number of carbonyl (C=O) groups is 2. The van der Waals surface area contributed by atoms with E-state index in [0.29, 0.717) is 32.7 Å². The maximum absolute atomic E-state index is 14.8. The molecule has 9 heteroatoms. The first kappa shape index (κ1) is 21.9. The summed E-state index contributed by atoms with van der Waals surface area (Å²) in [7, 11) is 1.54. The normalized spacial score (nSPS) is 41.1. The number of piperazine rings is 1. The molecule has 7 atom stereocenters. The fourth-order valence-corrected chi connectivity index (χ4v) is 5.24. The minimum atomic E-state index is -1.31. The summed E-state index contributed by atoms with van der Waals surface area (Å²) in [5, 5.41) is 3.05. The summed E-state index contributed by atoms with van der Waals surface area (Å²) < 4.78 is 39.6. The van der Waals surface area contributed by atoms with Gasteiger partial charge in [-0.05, 0) is 31.1 Å². The van der Waals surface area contributed by atoms with Gasteiger partial charge >= 0.3 is 0 Å². The van der Waals surface area contributed by atoms with Crippen molar-refractivity contribution in [1.82, 2.24) is 15.1 Å². The van der Waals surface area contributed by atoms with E-state index in [4.69, 9.17) is 9.47 Å². The van der Waals surface area contributed by atoms with Crippen LogP contribution in [0.2, 0.25) is 0 Å². The number of nitrogens with one attached hydrogen (secondary N) is 1. The minimum absolute atomic E-state index is 0.0426. The maximum atomic E-state index is 14.8. The number of hydrogen-bond donors (Lipinski definition) is 1. The average Bonchev–Trinajstić information content (AvgIpc) is 2.68. The van der Waals surface area contributed by atoms with Crippen LogP contribution in [0.1, 0.15) is 32.6 Å². The van der Waals surface area contributed by atoms with Gasteiger partial charge in [0, 0.05) is 32.5 Å².